The summed E-state index contributed by atoms with van der Waals surface area (Å²) in [5, 5.41) is 73.2. The van der Waals surface area contributed by atoms with E-state index in [2.05, 4.69) is 0 Å². The van der Waals surface area contributed by atoms with Crippen LogP contribution in [0.5, 0.6) is 51.7 Å². The molecule has 3 heterocycles. The molecule has 7 N–H and O–H groups in total. The van der Waals surface area contributed by atoms with Crippen LogP contribution in [0.4, 0.5) is 0 Å². The van der Waals surface area contributed by atoms with Gasteiger partial charge < -0.3 is 50.0 Å². The second kappa shape index (κ2) is 8.35. The molecule has 0 saturated carbocycles. The number of aliphatic hydroxyl groups is 1. The van der Waals surface area contributed by atoms with Crippen LogP contribution in [0.15, 0.2) is 60.7 Å². The van der Waals surface area contributed by atoms with E-state index in [0.717, 1.165) is 6.07 Å². The molecule has 0 aromatic heterocycles. The second-order valence-corrected chi connectivity index (χ2v) is 10.3. The Bertz CT molecular complexity index is 1760. The van der Waals surface area contributed by atoms with Crippen LogP contribution in [0.1, 0.15) is 40.0 Å². The molecule has 41 heavy (non-hydrogen) atoms. The molecule has 7 rings (SSSR count). The van der Waals surface area contributed by atoms with Crippen molar-refractivity contribution in [2.45, 2.75) is 30.1 Å². The molecule has 11 nitrogen and oxygen atoms in total. The number of rotatable bonds is 2. The number of aromatic hydroxyl groups is 6. The Kier molecular flexibility index (Phi) is 5.04. The number of carbonyl (C=O) groups is 1. The number of hydrogen-bond acceptors (Lipinski definition) is 11. The molecule has 0 bridgehead atoms. The maximum Gasteiger partial charge on any atom is 0.331 e. The number of phenols is 6. The van der Waals surface area contributed by atoms with Crippen molar-refractivity contribution in [3.8, 4) is 51.7 Å². The number of esters is 1. The number of fused-ring (bicyclic) bond motifs is 6. The monoisotopic (exact) mass is 558 g/mol. The fourth-order valence-electron chi connectivity index (χ4n) is 6.11. The molecule has 208 valence electrons. The zero-order valence-corrected chi connectivity index (χ0v) is 21.0. The summed E-state index contributed by atoms with van der Waals surface area (Å²) in [6, 6.07) is 13.3. The Morgan fingerprint density at radius 2 is 1.41 bits per heavy atom. The Morgan fingerprint density at radius 3 is 2.15 bits per heavy atom. The van der Waals surface area contributed by atoms with Crippen molar-refractivity contribution in [1.82, 2.24) is 0 Å². The molecule has 0 aliphatic carbocycles. The summed E-state index contributed by atoms with van der Waals surface area (Å²) in [6.07, 6.45) is -3.48. The molecular formula is C30H22O11. The van der Waals surface area contributed by atoms with Gasteiger partial charge in [0.15, 0.2) is 16.9 Å². The predicted molar refractivity (Wildman–Crippen MR) is 139 cm³/mol. The van der Waals surface area contributed by atoms with Gasteiger partial charge in [-0.1, -0.05) is 18.2 Å². The maximum atomic E-state index is 14.0. The Hall–Kier alpha value is -5.29. The SMILES string of the molecule is O=C1Oc2cc(O)c3c(c2C12c1c(O)cc(O)cc1OC2c1ccc(O)c(O)c1)OC(c1ccc(O)cc1)C(O)C3. The number of carbonyl (C=O) groups excluding carboxylic acids is 1. The van der Waals surface area contributed by atoms with Gasteiger partial charge in [0.25, 0.3) is 0 Å². The second-order valence-electron chi connectivity index (χ2n) is 10.3. The summed E-state index contributed by atoms with van der Waals surface area (Å²) in [4.78, 5) is 14.0. The average molecular weight is 558 g/mol. The van der Waals surface area contributed by atoms with Crippen LogP contribution in [0.2, 0.25) is 0 Å². The number of hydrogen-bond donors (Lipinski definition) is 7. The van der Waals surface area contributed by atoms with Gasteiger partial charge in [0.2, 0.25) is 0 Å². The van der Waals surface area contributed by atoms with E-state index in [1.54, 1.807) is 12.1 Å². The van der Waals surface area contributed by atoms with Crippen LogP contribution in [-0.4, -0.2) is 47.8 Å². The quantitative estimate of drug-likeness (QED) is 0.109. The summed E-state index contributed by atoms with van der Waals surface area (Å²) in [6.45, 7) is 0. The highest BCUT2D eigenvalue weighted by molar-refractivity contribution is 6.00. The summed E-state index contributed by atoms with van der Waals surface area (Å²) in [7, 11) is 0. The third-order valence-corrected chi connectivity index (χ3v) is 7.87. The number of aliphatic hydroxyl groups excluding tert-OH is 1. The van der Waals surface area contributed by atoms with Crippen molar-refractivity contribution >= 4 is 5.97 Å². The zero-order valence-electron chi connectivity index (χ0n) is 21.0. The van der Waals surface area contributed by atoms with Crippen molar-refractivity contribution in [2.24, 2.45) is 0 Å². The van der Waals surface area contributed by atoms with Gasteiger partial charge in [-0.05, 0) is 35.4 Å². The lowest BCUT2D eigenvalue weighted by molar-refractivity contribution is -0.139. The summed E-state index contributed by atoms with van der Waals surface area (Å²) >= 11 is 0. The minimum atomic E-state index is -1.97. The molecule has 4 aromatic rings. The van der Waals surface area contributed by atoms with E-state index < -0.39 is 46.9 Å². The van der Waals surface area contributed by atoms with E-state index >= 15 is 0 Å². The third kappa shape index (κ3) is 3.32. The summed E-state index contributed by atoms with van der Waals surface area (Å²) < 4.78 is 18.2. The van der Waals surface area contributed by atoms with Crippen molar-refractivity contribution < 1.29 is 54.8 Å². The lowest BCUT2D eigenvalue weighted by Gasteiger charge is -2.35. The van der Waals surface area contributed by atoms with Crippen LogP contribution >= 0.6 is 0 Å². The molecule has 0 amide bonds. The lowest BCUT2D eigenvalue weighted by atomic mass is 9.69. The molecule has 4 atom stereocenters. The lowest BCUT2D eigenvalue weighted by Crippen LogP contribution is -2.40. The molecular weight excluding hydrogens is 536 g/mol. The van der Waals surface area contributed by atoms with Gasteiger partial charge in [0.1, 0.15) is 52.5 Å². The topological polar surface area (TPSA) is 186 Å². The highest BCUT2D eigenvalue weighted by Crippen LogP contribution is 2.66. The molecule has 11 heteroatoms. The van der Waals surface area contributed by atoms with Gasteiger partial charge in [-0.2, -0.15) is 0 Å². The van der Waals surface area contributed by atoms with E-state index in [-0.39, 0.29) is 63.2 Å². The first-order valence-corrected chi connectivity index (χ1v) is 12.6. The fraction of sp³-hybridized carbons (Fsp3) is 0.167. The van der Waals surface area contributed by atoms with Crippen LogP contribution in [0, 0.1) is 0 Å². The number of ether oxygens (including phenoxy) is 3. The largest absolute Gasteiger partial charge is 0.508 e. The molecule has 1 spiro atoms. The molecule has 3 aliphatic rings. The van der Waals surface area contributed by atoms with Gasteiger partial charge in [-0.3, -0.25) is 4.79 Å². The molecule has 4 aromatic carbocycles. The van der Waals surface area contributed by atoms with Crippen molar-refractivity contribution in [1.29, 1.82) is 0 Å². The Morgan fingerprint density at radius 1 is 0.683 bits per heavy atom. The average Bonchev–Trinajstić information content (AvgIpc) is 3.41. The predicted octanol–water partition coefficient (Wildman–Crippen LogP) is 3.30. The van der Waals surface area contributed by atoms with Gasteiger partial charge in [-0.15, -0.1) is 0 Å². The van der Waals surface area contributed by atoms with E-state index in [1.807, 2.05) is 0 Å². The highest BCUT2D eigenvalue weighted by atomic mass is 16.6. The molecule has 4 unspecified atom stereocenters. The summed E-state index contributed by atoms with van der Waals surface area (Å²) in [5.41, 5.74) is -1.00. The van der Waals surface area contributed by atoms with Crippen LogP contribution < -0.4 is 14.2 Å². The van der Waals surface area contributed by atoms with Crippen LogP contribution in [0.3, 0.4) is 0 Å². The van der Waals surface area contributed by atoms with Crippen LogP contribution in [-0.2, 0) is 16.6 Å². The van der Waals surface area contributed by atoms with Gasteiger partial charge in [0.05, 0.1) is 17.2 Å². The summed E-state index contributed by atoms with van der Waals surface area (Å²) in [5.74, 6) is -3.00. The third-order valence-electron chi connectivity index (χ3n) is 7.87. The van der Waals surface area contributed by atoms with E-state index in [1.165, 1.54) is 42.5 Å². The van der Waals surface area contributed by atoms with Gasteiger partial charge >= 0.3 is 5.97 Å². The first-order valence-electron chi connectivity index (χ1n) is 12.6. The minimum Gasteiger partial charge on any atom is -0.508 e. The molecule has 0 fully saturated rings. The van der Waals surface area contributed by atoms with Crippen molar-refractivity contribution in [3.05, 3.63) is 88.5 Å². The normalized spacial score (nSPS) is 23.7. The van der Waals surface area contributed by atoms with Crippen molar-refractivity contribution in [3.63, 3.8) is 0 Å². The first kappa shape index (κ1) is 24.7. The maximum absolute atomic E-state index is 14.0. The number of benzene rings is 4. The van der Waals surface area contributed by atoms with Gasteiger partial charge in [-0.25, -0.2) is 0 Å². The Labute approximate surface area is 231 Å². The molecule has 3 aliphatic heterocycles. The smallest absolute Gasteiger partial charge is 0.331 e. The number of phenolic OH excluding ortho intramolecular Hbond substituents is 6. The first-order chi connectivity index (χ1) is 19.6. The van der Waals surface area contributed by atoms with E-state index in [0.29, 0.717) is 5.56 Å². The molecule has 0 saturated heterocycles. The van der Waals surface area contributed by atoms with Gasteiger partial charge in [0, 0.05) is 30.2 Å². The standard InChI is InChI=1S/C30H22O11/c31-14-4-1-12(2-5-14)26-21(37)10-16-18(34)11-23-25(27(16)41-26)30(29(38)40-23)24-20(36)8-15(32)9-22(24)39-28(30)13-3-6-17(33)19(35)7-13/h1-9,11,21,26,28,31-37H,10H2. The highest BCUT2D eigenvalue weighted by Gasteiger charge is 2.66. The van der Waals surface area contributed by atoms with E-state index in [4.69, 9.17) is 14.2 Å². The molecule has 0 radical (unpaired) electrons. The minimum absolute atomic E-state index is 0.00867. The van der Waals surface area contributed by atoms with Crippen LogP contribution in [0.25, 0.3) is 0 Å². The van der Waals surface area contributed by atoms with Crippen molar-refractivity contribution in [2.75, 3.05) is 0 Å². The Balaban J connectivity index is 1.52. The fourth-order valence-corrected chi connectivity index (χ4v) is 6.11. The van der Waals surface area contributed by atoms with E-state index in [9.17, 15) is 40.5 Å². The zero-order chi connectivity index (χ0) is 28.8.